The van der Waals surface area contributed by atoms with E-state index in [1.807, 2.05) is 25.1 Å². The van der Waals surface area contributed by atoms with E-state index in [2.05, 4.69) is 24.4 Å². The SMILES string of the molecule is CC(Cc1ccccc1)NC(C)C(=O)c1cccc(Cl)c1.Cl. The molecule has 0 heterocycles. The van der Waals surface area contributed by atoms with E-state index in [9.17, 15) is 4.79 Å². The van der Waals surface area contributed by atoms with Crippen molar-refractivity contribution in [3.63, 3.8) is 0 Å². The predicted octanol–water partition coefficient (Wildman–Crippen LogP) is 4.55. The van der Waals surface area contributed by atoms with E-state index in [-0.39, 0.29) is 30.3 Å². The Labute approximate surface area is 143 Å². The molecule has 2 aromatic carbocycles. The van der Waals surface area contributed by atoms with Gasteiger partial charge in [0, 0.05) is 16.6 Å². The standard InChI is InChI=1S/C18H20ClNO.ClH/c1-13(11-15-7-4-3-5-8-15)20-14(2)18(21)16-9-6-10-17(19)12-16;/h3-10,12-14,20H,11H2,1-2H3;1H. The van der Waals surface area contributed by atoms with Crippen LogP contribution < -0.4 is 5.32 Å². The van der Waals surface area contributed by atoms with Gasteiger partial charge in [0.15, 0.2) is 5.78 Å². The van der Waals surface area contributed by atoms with Crippen LogP contribution in [0.25, 0.3) is 0 Å². The molecule has 2 rings (SSSR count). The molecule has 0 amide bonds. The van der Waals surface area contributed by atoms with E-state index in [1.165, 1.54) is 5.56 Å². The lowest BCUT2D eigenvalue weighted by molar-refractivity contribution is 0.0945. The molecule has 1 N–H and O–H groups in total. The number of Topliss-reactive ketones (excluding diaryl/α,β-unsaturated/α-hetero) is 1. The van der Waals surface area contributed by atoms with Gasteiger partial charge in [0.25, 0.3) is 0 Å². The van der Waals surface area contributed by atoms with Crippen molar-refractivity contribution in [3.05, 3.63) is 70.7 Å². The minimum Gasteiger partial charge on any atom is -0.305 e. The Hall–Kier alpha value is -1.35. The second kappa shape index (κ2) is 8.94. The van der Waals surface area contributed by atoms with Crippen molar-refractivity contribution in [3.8, 4) is 0 Å². The molecule has 0 saturated carbocycles. The molecule has 22 heavy (non-hydrogen) atoms. The number of halogens is 2. The van der Waals surface area contributed by atoms with Gasteiger partial charge in [-0.2, -0.15) is 0 Å². The third-order valence-electron chi connectivity index (χ3n) is 3.42. The Morgan fingerprint density at radius 1 is 1.09 bits per heavy atom. The van der Waals surface area contributed by atoms with Crippen LogP contribution in [0.5, 0.6) is 0 Å². The van der Waals surface area contributed by atoms with E-state index in [1.54, 1.807) is 24.3 Å². The number of nitrogens with one attached hydrogen (secondary N) is 1. The molecule has 2 nitrogen and oxygen atoms in total. The molecular formula is C18H21Cl2NO. The zero-order valence-electron chi connectivity index (χ0n) is 12.8. The van der Waals surface area contributed by atoms with Gasteiger partial charge >= 0.3 is 0 Å². The Kier molecular flexibility index (Phi) is 7.60. The van der Waals surface area contributed by atoms with Crippen LogP contribution in [0.15, 0.2) is 54.6 Å². The molecule has 2 aromatic rings. The molecule has 118 valence electrons. The number of hydrogen-bond donors (Lipinski definition) is 1. The van der Waals surface area contributed by atoms with Crippen molar-refractivity contribution < 1.29 is 4.79 Å². The first kappa shape index (κ1) is 18.7. The summed E-state index contributed by atoms with van der Waals surface area (Å²) in [4.78, 5) is 12.4. The molecule has 4 heteroatoms. The van der Waals surface area contributed by atoms with Crippen LogP contribution in [-0.4, -0.2) is 17.9 Å². The molecule has 0 bridgehead atoms. The lowest BCUT2D eigenvalue weighted by Gasteiger charge is -2.19. The number of carbonyl (C=O) groups excluding carboxylic acids is 1. The lowest BCUT2D eigenvalue weighted by Crippen LogP contribution is -2.41. The molecule has 0 aliphatic heterocycles. The summed E-state index contributed by atoms with van der Waals surface area (Å²) in [6, 6.07) is 17.3. The van der Waals surface area contributed by atoms with Gasteiger partial charge in [-0.15, -0.1) is 12.4 Å². The monoisotopic (exact) mass is 337 g/mol. The maximum atomic E-state index is 12.4. The third kappa shape index (κ3) is 5.45. The Morgan fingerprint density at radius 2 is 1.77 bits per heavy atom. The number of ketones is 1. The zero-order chi connectivity index (χ0) is 15.2. The fourth-order valence-electron chi connectivity index (χ4n) is 2.42. The number of rotatable bonds is 6. The predicted molar refractivity (Wildman–Crippen MR) is 95.2 cm³/mol. The highest BCUT2D eigenvalue weighted by molar-refractivity contribution is 6.31. The van der Waals surface area contributed by atoms with Crippen LogP contribution >= 0.6 is 24.0 Å². The summed E-state index contributed by atoms with van der Waals surface area (Å²) >= 11 is 5.93. The normalized spacial score (nSPS) is 13.0. The van der Waals surface area contributed by atoms with Gasteiger partial charge in [-0.1, -0.05) is 54.1 Å². The van der Waals surface area contributed by atoms with E-state index < -0.39 is 0 Å². The van der Waals surface area contributed by atoms with Gasteiger partial charge in [0.2, 0.25) is 0 Å². The van der Waals surface area contributed by atoms with Crippen molar-refractivity contribution in [1.29, 1.82) is 0 Å². The second-order valence-corrected chi connectivity index (χ2v) is 5.79. The lowest BCUT2D eigenvalue weighted by atomic mass is 10.0. The van der Waals surface area contributed by atoms with E-state index >= 15 is 0 Å². The molecule has 2 unspecified atom stereocenters. The highest BCUT2D eigenvalue weighted by atomic mass is 35.5. The average molecular weight is 338 g/mol. The van der Waals surface area contributed by atoms with Crippen molar-refractivity contribution in [2.75, 3.05) is 0 Å². The summed E-state index contributed by atoms with van der Waals surface area (Å²) in [5, 5.41) is 3.94. The molecule has 0 aliphatic carbocycles. The Balaban J connectivity index is 0.00000242. The fourth-order valence-corrected chi connectivity index (χ4v) is 2.61. The summed E-state index contributed by atoms with van der Waals surface area (Å²) in [6.45, 7) is 3.99. The average Bonchev–Trinajstić information content (AvgIpc) is 2.47. The number of hydrogen-bond acceptors (Lipinski definition) is 2. The van der Waals surface area contributed by atoms with Gasteiger partial charge in [-0.25, -0.2) is 0 Å². The number of benzene rings is 2. The molecule has 0 aliphatic rings. The van der Waals surface area contributed by atoms with Crippen molar-refractivity contribution >= 4 is 29.8 Å². The minimum atomic E-state index is -0.234. The smallest absolute Gasteiger partial charge is 0.179 e. The fraction of sp³-hybridized carbons (Fsp3) is 0.278. The number of carbonyl (C=O) groups is 1. The van der Waals surface area contributed by atoms with Gasteiger partial charge in [-0.05, 0) is 38.0 Å². The van der Waals surface area contributed by atoms with Crippen molar-refractivity contribution in [2.45, 2.75) is 32.4 Å². The van der Waals surface area contributed by atoms with Crippen LogP contribution in [0.1, 0.15) is 29.8 Å². The summed E-state index contributed by atoms with van der Waals surface area (Å²) < 4.78 is 0. The molecule has 0 aromatic heterocycles. The molecule has 0 radical (unpaired) electrons. The quantitative estimate of drug-likeness (QED) is 0.783. The summed E-state index contributed by atoms with van der Waals surface area (Å²) in [5.74, 6) is 0.0670. The van der Waals surface area contributed by atoms with Crippen LogP contribution in [0.4, 0.5) is 0 Å². The summed E-state index contributed by atoms with van der Waals surface area (Å²) in [6.07, 6.45) is 0.897. The highest BCUT2D eigenvalue weighted by Crippen LogP contribution is 2.13. The largest absolute Gasteiger partial charge is 0.305 e. The molecule has 0 spiro atoms. The first-order valence-corrected chi connectivity index (χ1v) is 7.54. The zero-order valence-corrected chi connectivity index (χ0v) is 14.3. The van der Waals surface area contributed by atoms with E-state index in [0.717, 1.165) is 6.42 Å². The van der Waals surface area contributed by atoms with Crippen molar-refractivity contribution in [1.82, 2.24) is 5.32 Å². The molecule has 2 atom stereocenters. The molecule has 0 saturated heterocycles. The Bertz CT molecular complexity index is 601. The van der Waals surface area contributed by atoms with Gasteiger partial charge in [0.05, 0.1) is 6.04 Å². The van der Waals surface area contributed by atoms with Gasteiger partial charge in [0.1, 0.15) is 0 Å². The van der Waals surface area contributed by atoms with Gasteiger partial charge < -0.3 is 5.32 Å². The first-order valence-electron chi connectivity index (χ1n) is 7.16. The molecule has 0 fully saturated rings. The topological polar surface area (TPSA) is 29.1 Å². The van der Waals surface area contributed by atoms with Crippen LogP contribution in [0.2, 0.25) is 5.02 Å². The third-order valence-corrected chi connectivity index (χ3v) is 3.66. The Morgan fingerprint density at radius 3 is 2.41 bits per heavy atom. The van der Waals surface area contributed by atoms with Crippen LogP contribution in [0.3, 0.4) is 0 Å². The van der Waals surface area contributed by atoms with E-state index in [0.29, 0.717) is 10.6 Å². The van der Waals surface area contributed by atoms with Crippen LogP contribution in [0, 0.1) is 0 Å². The van der Waals surface area contributed by atoms with Crippen molar-refractivity contribution in [2.24, 2.45) is 0 Å². The highest BCUT2D eigenvalue weighted by Gasteiger charge is 2.17. The second-order valence-electron chi connectivity index (χ2n) is 5.35. The first-order chi connectivity index (χ1) is 10.1. The minimum absolute atomic E-state index is 0. The van der Waals surface area contributed by atoms with Gasteiger partial charge in [-0.3, -0.25) is 4.79 Å². The summed E-state index contributed by atoms with van der Waals surface area (Å²) in [7, 11) is 0. The van der Waals surface area contributed by atoms with Crippen LogP contribution in [-0.2, 0) is 6.42 Å². The molecular weight excluding hydrogens is 317 g/mol. The summed E-state index contributed by atoms with van der Waals surface area (Å²) in [5.41, 5.74) is 1.91. The maximum absolute atomic E-state index is 12.4. The maximum Gasteiger partial charge on any atom is 0.179 e. The van der Waals surface area contributed by atoms with E-state index in [4.69, 9.17) is 11.6 Å².